The van der Waals surface area contributed by atoms with Gasteiger partial charge in [-0.3, -0.25) is 4.90 Å². The average molecular weight is 140 g/mol. The first-order valence-electron chi connectivity index (χ1n) is 4.31. The minimum Gasteiger partial charge on any atom is -0.314 e. The molecule has 0 aromatic carbocycles. The van der Waals surface area contributed by atoms with Crippen molar-refractivity contribution in [2.75, 3.05) is 26.2 Å². The maximum atomic E-state index is 3.31. The highest BCUT2D eigenvalue weighted by Crippen LogP contribution is 2.18. The summed E-state index contributed by atoms with van der Waals surface area (Å²) in [5.74, 6) is 0.945. The Morgan fingerprint density at radius 3 is 2.60 bits per heavy atom. The second kappa shape index (κ2) is 2.51. The van der Waals surface area contributed by atoms with Crippen molar-refractivity contribution in [3.05, 3.63) is 0 Å². The standard InChI is InChI=1S/C8H16N2/c1-7-2-3-10(6-7)8-4-9-5-8/h7-9H,2-6H2,1H3/t7-/m0/s1. The molecular formula is C8H16N2. The summed E-state index contributed by atoms with van der Waals surface area (Å²) in [4.78, 5) is 2.63. The molecule has 2 aliphatic heterocycles. The molecule has 0 aliphatic carbocycles. The van der Waals surface area contributed by atoms with E-state index in [1.165, 1.54) is 32.6 Å². The first kappa shape index (κ1) is 6.62. The highest BCUT2D eigenvalue weighted by molar-refractivity contribution is 4.88. The van der Waals surface area contributed by atoms with Gasteiger partial charge >= 0.3 is 0 Å². The first-order chi connectivity index (χ1) is 4.86. The number of hydrogen-bond donors (Lipinski definition) is 1. The lowest BCUT2D eigenvalue weighted by molar-refractivity contribution is 0.175. The molecule has 2 nitrogen and oxygen atoms in total. The fourth-order valence-electron chi connectivity index (χ4n) is 1.83. The lowest BCUT2D eigenvalue weighted by Crippen LogP contribution is -2.56. The molecule has 0 aromatic rings. The van der Waals surface area contributed by atoms with Crippen molar-refractivity contribution in [1.29, 1.82) is 0 Å². The van der Waals surface area contributed by atoms with Gasteiger partial charge in [-0.25, -0.2) is 0 Å². The number of likely N-dealkylation sites (tertiary alicyclic amines) is 1. The molecule has 10 heavy (non-hydrogen) atoms. The summed E-state index contributed by atoms with van der Waals surface area (Å²) in [6.45, 7) is 7.49. The van der Waals surface area contributed by atoms with E-state index in [1.807, 2.05) is 0 Å². The van der Waals surface area contributed by atoms with Crippen LogP contribution in [0.5, 0.6) is 0 Å². The maximum Gasteiger partial charge on any atom is 0.0345 e. The van der Waals surface area contributed by atoms with E-state index in [-0.39, 0.29) is 0 Å². The van der Waals surface area contributed by atoms with E-state index in [2.05, 4.69) is 17.1 Å². The van der Waals surface area contributed by atoms with Crippen molar-refractivity contribution in [1.82, 2.24) is 10.2 Å². The molecule has 1 atom stereocenters. The van der Waals surface area contributed by atoms with Gasteiger partial charge in [0.1, 0.15) is 0 Å². The van der Waals surface area contributed by atoms with Crippen molar-refractivity contribution >= 4 is 0 Å². The fourth-order valence-corrected chi connectivity index (χ4v) is 1.83. The van der Waals surface area contributed by atoms with Crippen LogP contribution in [0.25, 0.3) is 0 Å². The minimum absolute atomic E-state index is 0.880. The summed E-state index contributed by atoms with van der Waals surface area (Å²) in [5, 5.41) is 3.31. The van der Waals surface area contributed by atoms with Gasteiger partial charge in [-0.05, 0) is 18.9 Å². The Kier molecular flexibility index (Phi) is 1.66. The monoisotopic (exact) mass is 140 g/mol. The van der Waals surface area contributed by atoms with E-state index in [0.29, 0.717) is 0 Å². The largest absolute Gasteiger partial charge is 0.314 e. The van der Waals surface area contributed by atoms with E-state index in [9.17, 15) is 0 Å². The average Bonchev–Trinajstić information content (AvgIpc) is 2.10. The lowest BCUT2D eigenvalue weighted by Gasteiger charge is -2.35. The van der Waals surface area contributed by atoms with Gasteiger partial charge in [-0.15, -0.1) is 0 Å². The molecule has 0 spiro atoms. The quantitative estimate of drug-likeness (QED) is 0.563. The van der Waals surface area contributed by atoms with Crippen LogP contribution in [0, 0.1) is 5.92 Å². The molecule has 0 bridgehead atoms. The number of nitrogens with zero attached hydrogens (tertiary/aromatic N) is 1. The molecule has 58 valence electrons. The minimum atomic E-state index is 0.880. The van der Waals surface area contributed by atoms with Gasteiger partial charge < -0.3 is 5.32 Å². The topological polar surface area (TPSA) is 15.3 Å². The van der Waals surface area contributed by atoms with Crippen LogP contribution in [0.4, 0.5) is 0 Å². The molecule has 2 heterocycles. The highest BCUT2D eigenvalue weighted by atomic mass is 15.2. The van der Waals surface area contributed by atoms with E-state index in [1.54, 1.807) is 0 Å². The van der Waals surface area contributed by atoms with Crippen LogP contribution in [-0.2, 0) is 0 Å². The molecular weight excluding hydrogens is 124 g/mol. The van der Waals surface area contributed by atoms with Gasteiger partial charge in [0.2, 0.25) is 0 Å². The molecule has 0 aromatic heterocycles. The highest BCUT2D eigenvalue weighted by Gasteiger charge is 2.29. The van der Waals surface area contributed by atoms with E-state index in [0.717, 1.165) is 12.0 Å². The predicted octanol–water partition coefficient (Wildman–Crippen LogP) is 0.300. The fraction of sp³-hybridized carbons (Fsp3) is 1.00. The predicted molar refractivity (Wildman–Crippen MR) is 42.0 cm³/mol. The van der Waals surface area contributed by atoms with Crippen LogP contribution >= 0.6 is 0 Å². The third kappa shape index (κ3) is 1.06. The zero-order valence-electron chi connectivity index (χ0n) is 6.64. The van der Waals surface area contributed by atoms with Crippen molar-refractivity contribution in [2.45, 2.75) is 19.4 Å². The summed E-state index contributed by atoms with van der Waals surface area (Å²) in [7, 11) is 0. The van der Waals surface area contributed by atoms with E-state index >= 15 is 0 Å². The van der Waals surface area contributed by atoms with Crippen molar-refractivity contribution in [2.24, 2.45) is 5.92 Å². The molecule has 2 fully saturated rings. The van der Waals surface area contributed by atoms with Gasteiger partial charge in [-0.1, -0.05) is 6.92 Å². The molecule has 0 saturated carbocycles. The van der Waals surface area contributed by atoms with Gasteiger partial charge in [0, 0.05) is 25.7 Å². The molecule has 0 unspecified atom stereocenters. The van der Waals surface area contributed by atoms with Crippen LogP contribution in [0.2, 0.25) is 0 Å². The summed E-state index contributed by atoms with van der Waals surface area (Å²) in [6.07, 6.45) is 1.41. The molecule has 1 N–H and O–H groups in total. The van der Waals surface area contributed by atoms with E-state index in [4.69, 9.17) is 0 Å². The Balaban J connectivity index is 1.82. The zero-order chi connectivity index (χ0) is 6.97. The Labute approximate surface area is 62.6 Å². The summed E-state index contributed by atoms with van der Waals surface area (Å²) in [5.41, 5.74) is 0. The van der Waals surface area contributed by atoms with Crippen molar-refractivity contribution < 1.29 is 0 Å². The molecule has 2 aliphatic rings. The molecule has 0 radical (unpaired) electrons. The van der Waals surface area contributed by atoms with Crippen molar-refractivity contribution in [3.8, 4) is 0 Å². The third-order valence-corrected chi connectivity index (χ3v) is 2.73. The van der Waals surface area contributed by atoms with Crippen molar-refractivity contribution in [3.63, 3.8) is 0 Å². The Morgan fingerprint density at radius 1 is 1.40 bits per heavy atom. The summed E-state index contributed by atoms with van der Waals surface area (Å²) >= 11 is 0. The van der Waals surface area contributed by atoms with Crippen LogP contribution in [0.1, 0.15) is 13.3 Å². The van der Waals surface area contributed by atoms with Gasteiger partial charge in [0.05, 0.1) is 0 Å². The van der Waals surface area contributed by atoms with Crippen LogP contribution < -0.4 is 5.32 Å². The van der Waals surface area contributed by atoms with Gasteiger partial charge in [-0.2, -0.15) is 0 Å². The number of hydrogen-bond acceptors (Lipinski definition) is 2. The Morgan fingerprint density at radius 2 is 2.20 bits per heavy atom. The van der Waals surface area contributed by atoms with Crippen LogP contribution in [0.3, 0.4) is 0 Å². The zero-order valence-corrected chi connectivity index (χ0v) is 6.64. The SMILES string of the molecule is C[C@H]1CCN(C2CNC2)C1. The normalized spacial score (nSPS) is 36.3. The summed E-state index contributed by atoms with van der Waals surface area (Å²) < 4.78 is 0. The molecule has 2 saturated heterocycles. The summed E-state index contributed by atoms with van der Waals surface area (Å²) in [6, 6.07) is 0.880. The smallest absolute Gasteiger partial charge is 0.0345 e. The maximum absolute atomic E-state index is 3.31. The number of nitrogens with one attached hydrogen (secondary N) is 1. The second-order valence-electron chi connectivity index (χ2n) is 3.70. The molecule has 2 heteroatoms. The Hall–Kier alpha value is -0.0800. The first-order valence-corrected chi connectivity index (χ1v) is 4.31. The molecule has 2 rings (SSSR count). The van der Waals surface area contributed by atoms with Gasteiger partial charge in [0.15, 0.2) is 0 Å². The molecule has 0 amide bonds. The lowest BCUT2D eigenvalue weighted by atomic mass is 10.1. The van der Waals surface area contributed by atoms with Crippen LogP contribution in [-0.4, -0.2) is 37.1 Å². The second-order valence-corrected chi connectivity index (χ2v) is 3.70. The van der Waals surface area contributed by atoms with Crippen LogP contribution in [0.15, 0.2) is 0 Å². The van der Waals surface area contributed by atoms with Gasteiger partial charge in [0.25, 0.3) is 0 Å². The van der Waals surface area contributed by atoms with E-state index < -0.39 is 0 Å². The Bertz CT molecular complexity index is 120. The number of rotatable bonds is 1. The third-order valence-electron chi connectivity index (χ3n) is 2.73.